The summed E-state index contributed by atoms with van der Waals surface area (Å²) >= 11 is 0. The molecule has 0 aliphatic heterocycles. The van der Waals surface area contributed by atoms with E-state index in [0.29, 0.717) is 35.7 Å². The summed E-state index contributed by atoms with van der Waals surface area (Å²) in [6, 6.07) is 4.03. The smallest absolute Gasteiger partial charge is 0.194 e. The molecule has 0 aromatic heterocycles. The molecule has 5 heteroatoms. The summed E-state index contributed by atoms with van der Waals surface area (Å²) in [4.78, 5) is 0. The summed E-state index contributed by atoms with van der Waals surface area (Å²) in [6.07, 6.45) is 4.62. The topological polar surface area (TPSA) is 57.2 Å². The maximum atomic E-state index is 11.1. The highest BCUT2D eigenvalue weighted by Gasteiger charge is 2.63. The van der Waals surface area contributed by atoms with Crippen molar-refractivity contribution in [3.8, 4) is 11.5 Å². The molecule has 3 aliphatic carbocycles. The molecule has 0 saturated heterocycles. The van der Waals surface area contributed by atoms with Gasteiger partial charge in [-0.3, -0.25) is 0 Å². The molecule has 3 unspecified atom stereocenters. The van der Waals surface area contributed by atoms with Crippen LogP contribution in [0.5, 0.6) is 11.5 Å². The molecule has 5 nitrogen and oxygen atoms in total. The van der Waals surface area contributed by atoms with Gasteiger partial charge in [0.2, 0.25) is 0 Å². The Labute approximate surface area is 162 Å². The fourth-order valence-electron chi connectivity index (χ4n) is 6.54. The quantitative estimate of drug-likeness (QED) is 0.813. The van der Waals surface area contributed by atoms with Crippen molar-refractivity contribution in [1.29, 1.82) is 0 Å². The van der Waals surface area contributed by atoms with Gasteiger partial charge in [-0.15, -0.1) is 0 Å². The van der Waals surface area contributed by atoms with Crippen LogP contribution in [-0.4, -0.2) is 45.4 Å². The van der Waals surface area contributed by atoms with Gasteiger partial charge in [-0.25, -0.2) is 0 Å². The number of methoxy groups -OCH3 is 4. The summed E-state index contributed by atoms with van der Waals surface area (Å²) in [5.41, 5.74) is 2.13. The van der Waals surface area contributed by atoms with Gasteiger partial charge in [0, 0.05) is 38.7 Å². The third kappa shape index (κ3) is 2.48. The van der Waals surface area contributed by atoms with Crippen LogP contribution in [0.4, 0.5) is 0 Å². The van der Waals surface area contributed by atoms with Crippen LogP contribution in [0.3, 0.4) is 0 Å². The van der Waals surface area contributed by atoms with Gasteiger partial charge in [0.15, 0.2) is 17.3 Å². The van der Waals surface area contributed by atoms with Crippen molar-refractivity contribution in [3.05, 3.63) is 23.3 Å². The van der Waals surface area contributed by atoms with E-state index in [4.69, 9.17) is 18.9 Å². The van der Waals surface area contributed by atoms with Gasteiger partial charge in [-0.05, 0) is 55.1 Å². The van der Waals surface area contributed by atoms with E-state index < -0.39 is 5.79 Å². The molecule has 0 spiro atoms. The van der Waals surface area contributed by atoms with Gasteiger partial charge in [0.05, 0.1) is 7.11 Å². The summed E-state index contributed by atoms with van der Waals surface area (Å²) in [7, 11) is 6.75. The maximum absolute atomic E-state index is 11.1. The number of hydrogen-bond acceptors (Lipinski definition) is 5. The molecule has 0 amide bonds. The lowest BCUT2D eigenvalue weighted by Crippen LogP contribution is -2.64. The van der Waals surface area contributed by atoms with Crippen LogP contribution in [0.2, 0.25) is 0 Å². The zero-order chi connectivity index (χ0) is 19.4. The molecule has 0 radical (unpaired) electrons. The summed E-state index contributed by atoms with van der Waals surface area (Å²) in [5.74, 6) is 1.73. The van der Waals surface area contributed by atoms with E-state index in [9.17, 15) is 5.11 Å². The van der Waals surface area contributed by atoms with Crippen LogP contribution in [0.1, 0.15) is 43.7 Å². The average molecular weight is 376 g/mol. The summed E-state index contributed by atoms with van der Waals surface area (Å²) in [6.45, 7) is 2.37. The summed E-state index contributed by atoms with van der Waals surface area (Å²) in [5, 5.41) is 11.1. The van der Waals surface area contributed by atoms with Gasteiger partial charge in [0.1, 0.15) is 6.10 Å². The van der Waals surface area contributed by atoms with E-state index in [1.54, 1.807) is 28.4 Å². The number of ether oxygens (including phenoxy) is 4. The zero-order valence-corrected chi connectivity index (χ0v) is 17.1. The molecule has 150 valence electrons. The van der Waals surface area contributed by atoms with E-state index in [2.05, 4.69) is 13.0 Å². The predicted octanol–water partition coefficient (Wildman–Crippen LogP) is 3.65. The second kappa shape index (κ2) is 6.64. The molecule has 5 atom stereocenters. The lowest BCUT2D eigenvalue weighted by molar-refractivity contribution is -0.303. The van der Waals surface area contributed by atoms with E-state index in [1.807, 2.05) is 6.07 Å². The average Bonchev–Trinajstić information content (AvgIpc) is 2.69. The van der Waals surface area contributed by atoms with Crippen LogP contribution in [0.15, 0.2) is 12.1 Å². The highest BCUT2D eigenvalue weighted by atomic mass is 16.7. The van der Waals surface area contributed by atoms with Crippen molar-refractivity contribution < 1.29 is 24.1 Å². The Bertz CT molecular complexity index is 713. The second-order valence-electron chi connectivity index (χ2n) is 8.65. The lowest BCUT2D eigenvalue weighted by atomic mass is 9.45. The van der Waals surface area contributed by atoms with Crippen molar-refractivity contribution in [2.75, 3.05) is 28.4 Å². The Hall–Kier alpha value is -1.30. The zero-order valence-electron chi connectivity index (χ0n) is 17.1. The Morgan fingerprint density at radius 2 is 1.85 bits per heavy atom. The fourth-order valence-corrected chi connectivity index (χ4v) is 6.54. The number of rotatable bonds is 4. The Balaban J connectivity index is 1.93. The van der Waals surface area contributed by atoms with Crippen molar-refractivity contribution in [2.24, 2.45) is 17.8 Å². The number of aromatic hydroxyl groups is 1. The number of phenols is 1. The number of benzene rings is 1. The van der Waals surface area contributed by atoms with Crippen molar-refractivity contribution >= 4 is 0 Å². The third-order valence-corrected chi connectivity index (χ3v) is 7.90. The van der Waals surface area contributed by atoms with Gasteiger partial charge < -0.3 is 24.1 Å². The largest absolute Gasteiger partial charge is 0.504 e. The van der Waals surface area contributed by atoms with E-state index in [0.717, 1.165) is 31.2 Å². The molecule has 2 bridgehead atoms. The number of phenolic OH excluding ortho intramolecular Hbond substituents is 1. The normalized spacial score (nSPS) is 36.6. The minimum Gasteiger partial charge on any atom is -0.504 e. The maximum Gasteiger partial charge on any atom is 0.194 e. The minimum atomic E-state index is -0.805. The van der Waals surface area contributed by atoms with Gasteiger partial charge >= 0.3 is 0 Å². The molecular formula is C22H32O5. The van der Waals surface area contributed by atoms with Crippen molar-refractivity contribution in [2.45, 2.75) is 56.3 Å². The molecule has 1 aromatic carbocycles. The lowest BCUT2D eigenvalue weighted by Gasteiger charge is -2.62. The molecule has 0 heterocycles. The van der Waals surface area contributed by atoms with Crippen LogP contribution in [0.25, 0.3) is 0 Å². The summed E-state index contributed by atoms with van der Waals surface area (Å²) < 4.78 is 23.2. The number of fused-ring (bicyclic) bond motifs is 1. The van der Waals surface area contributed by atoms with Gasteiger partial charge in [-0.2, -0.15) is 0 Å². The second-order valence-corrected chi connectivity index (χ2v) is 8.65. The van der Waals surface area contributed by atoms with Crippen LogP contribution in [-0.2, 0) is 26.0 Å². The third-order valence-electron chi connectivity index (χ3n) is 7.90. The minimum absolute atomic E-state index is 0.118. The molecule has 4 rings (SSSR count). The Morgan fingerprint density at radius 1 is 1.11 bits per heavy atom. The van der Waals surface area contributed by atoms with Crippen LogP contribution >= 0.6 is 0 Å². The first-order valence-electron chi connectivity index (χ1n) is 9.98. The molecule has 1 N–H and O–H groups in total. The molecular weight excluding hydrogens is 344 g/mol. The Kier molecular flexibility index (Phi) is 4.68. The van der Waals surface area contributed by atoms with E-state index >= 15 is 0 Å². The highest BCUT2D eigenvalue weighted by Crippen LogP contribution is 2.64. The number of hydrogen-bond donors (Lipinski definition) is 1. The van der Waals surface area contributed by atoms with Crippen molar-refractivity contribution in [1.82, 2.24) is 0 Å². The Morgan fingerprint density at radius 3 is 2.48 bits per heavy atom. The highest BCUT2D eigenvalue weighted by molar-refractivity contribution is 5.56. The molecule has 1 aromatic rings. The van der Waals surface area contributed by atoms with E-state index in [-0.39, 0.29) is 11.5 Å². The molecule has 2 fully saturated rings. The van der Waals surface area contributed by atoms with Crippen LogP contribution in [0, 0.1) is 17.8 Å². The van der Waals surface area contributed by atoms with E-state index in [1.165, 1.54) is 5.56 Å². The predicted molar refractivity (Wildman–Crippen MR) is 102 cm³/mol. The monoisotopic (exact) mass is 376 g/mol. The SMILES string of the molecule is COc1ccc2c(c1O)[C@@]13CC[C@@H](C)C(C2)C1CC(OC)C(OC)(OC)C3. The standard InChI is InChI=1S/C22H32O5/c1-13-8-9-21-12-22(26-4,27-5)18(25-3)11-16(21)15(13)10-14-6-7-17(24-2)20(23)19(14)21/h6-7,13,15-16,18,23H,8-12H2,1-5H3/t13-,15?,16?,18?,21-/m1/s1. The molecule has 2 saturated carbocycles. The fraction of sp³-hybridized carbons (Fsp3) is 0.727. The first-order chi connectivity index (χ1) is 13.0. The van der Waals surface area contributed by atoms with Gasteiger partial charge in [-0.1, -0.05) is 13.0 Å². The molecule has 27 heavy (non-hydrogen) atoms. The molecule has 3 aliphatic rings. The van der Waals surface area contributed by atoms with Gasteiger partial charge in [0.25, 0.3) is 0 Å². The van der Waals surface area contributed by atoms with Crippen molar-refractivity contribution in [3.63, 3.8) is 0 Å². The first kappa shape index (κ1) is 19.0. The first-order valence-corrected chi connectivity index (χ1v) is 9.98. The van der Waals surface area contributed by atoms with Crippen LogP contribution < -0.4 is 4.74 Å².